The molecule has 0 bridgehead atoms. The largest absolute Gasteiger partial charge is 0.375 e. The van der Waals surface area contributed by atoms with E-state index < -0.39 is 0 Å². The van der Waals surface area contributed by atoms with E-state index in [4.69, 9.17) is 5.73 Å². The van der Waals surface area contributed by atoms with Gasteiger partial charge in [0, 0.05) is 6.04 Å². The Balaban J connectivity index is 2.68. The molecule has 1 heterocycles. The smallest absolute Gasteiger partial charge is 0.263 e. The second kappa shape index (κ2) is 4.93. The Morgan fingerprint density at radius 3 is 2.93 bits per heavy atom. The fourth-order valence-electron chi connectivity index (χ4n) is 1.23. The number of nitrogens with one attached hydrogen (secondary N) is 1. The molecule has 0 saturated carbocycles. The summed E-state index contributed by atoms with van der Waals surface area (Å²) in [6, 6.07) is 0.0812. The first-order chi connectivity index (χ1) is 7.04. The highest BCUT2D eigenvalue weighted by molar-refractivity contribution is 7.17. The van der Waals surface area contributed by atoms with Crippen molar-refractivity contribution in [2.75, 3.05) is 5.73 Å². The number of thiazole rings is 1. The molecule has 0 aliphatic rings. The van der Waals surface area contributed by atoms with Crippen molar-refractivity contribution < 1.29 is 4.79 Å². The zero-order valence-corrected chi connectivity index (χ0v) is 9.73. The third-order valence-electron chi connectivity index (χ3n) is 1.92. The van der Waals surface area contributed by atoms with Gasteiger partial charge in [0.05, 0.1) is 5.69 Å². The predicted molar refractivity (Wildman–Crippen MR) is 63.0 cm³/mol. The molecular weight excluding hydrogens is 210 g/mol. The first-order valence-corrected chi connectivity index (χ1v) is 5.51. The molecule has 0 aliphatic heterocycles. The standard InChI is InChI=1S/C10H15N3OS/c1-4-5-6(2)12-9(14)8-7(3)13-10(11)15-8/h4,6H,1,5H2,2-3H3,(H2,11,13)(H,12,14). The molecule has 0 fully saturated rings. The van der Waals surface area contributed by atoms with Crippen LogP contribution in [-0.2, 0) is 0 Å². The maximum atomic E-state index is 11.7. The van der Waals surface area contributed by atoms with Gasteiger partial charge in [-0.1, -0.05) is 17.4 Å². The van der Waals surface area contributed by atoms with E-state index in [1.165, 1.54) is 11.3 Å². The molecule has 0 saturated heterocycles. The normalized spacial score (nSPS) is 12.1. The van der Waals surface area contributed by atoms with Crippen molar-refractivity contribution >= 4 is 22.4 Å². The Morgan fingerprint density at radius 2 is 2.47 bits per heavy atom. The molecule has 15 heavy (non-hydrogen) atoms. The second-order valence-corrected chi connectivity index (χ2v) is 4.40. The van der Waals surface area contributed by atoms with E-state index in [0.717, 1.165) is 6.42 Å². The molecule has 3 N–H and O–H groups in total. The molecule has 1 aromatic rings. The van der Waals surface area contributed by atoms with Crippen molar-refractivity contribution in [2.24, 2.45) is 0 Å². The van der Waals surface area contributed by atoms with E-state index in [2.05, 4.69) is 16.9 Å². The lowest BCUT2D eigenvalue weighted by atomic mass is 10.2. The molecule has 82 valence electrons. The quantitative estimate of drug-likeness (QED) is 0.767. The molecule has 1 aromatic heterocycles. The van der Waals surface area contributed by atoms with Gasteiger partial charge in [-0.15, -0.1) is 6.58 Å². The van der Waals surface area contributed by atoms with Gasteiger partial charge in [-0.25, -0.2) is 4.98 Å². The first kappa shape index (κ1) is 11.7. The van der Waals surface area contributed by atoms with Gasteiger partial charge in [0.15, 0.2) is 5.13 Å². The van der Waals surface area contributed by atoms with Crippen LogP contribution < -0.4 is 11.1 Å². The van der Waals surface area contributed by atoms with Crippen LogP contribution in [0.15, 0.2) is 12.7 Å². The summed E-state index contributed by atoms with van der Waals surface area (Å²) in [6.45, 7) is 7.33. The Kier molecular flexibility index (Phi) is 3.85. The van der Waals surface area contributed by atoms with Crippen molar-refractivity contribution in [3.8, 4) is 0 Å². The molecule has 0 radical (unpaired) electrons. The minimum absolute atomic E-state index is 0.0812. The Bertz CT molecular complexity index is 373. The minimum Gasteiger partial charge on any atom is -0.375 e. The monoisotopic (exact) mass is 225 g/mol. The lowest BCUT2D eigenvalue weighted by Crippen LogP contribution is -2.31. The molecular formula is C10H15N3OS. The van der Waals surface area contributed by atoms with Gasteiger partial charge in [0.1, 0.15) is 4.88 Å². The van der Waals surface area contributed by atoms with Crippen molar-refractivity contribution in [1.29, 1.82) is 0 Å². The van der Waals surface area contributed by atoms with Gasteiger partial charge in [-0.05, 0) is 20.3 Å². The lowest BCUT2D eigenvalue weighted by molar-refractivity contribution is 0.0944. The molecule has 0 spiro atoms. The van der Waals surface area contributed by atoms with Gasteiger partial charge in [0.25, 0.3) is 5.91 Å². The number of nitrogens with two attached hydrogens (primary N) is 1. The van der Waals surface area contributed by atoms with Gasteiger partial charge in [-0.3, -0.25) is 4.79 Å². The Labute approximate surface area is 93.2 Å². The van der Waals surface area contributed by atoms with Crippen LogP contribution in [0.4, 0.5) is 5.13 Å². The molecule has 1 rings (SSSR count). The fourth-order valence-corrected chi connectivity index (χ4v) is 1.96. The van der Waals surface area contributed by atoms with Gasteiger partial charge >= 0.3 is 0 Å². The maximum absolute atomic E-state index is 11.7. The van der Waals surface area contributed by atoms with Gasteiger partial charge in [0.2, 0.25) is 0 Å². The highest BCUT2D eigenvalue weighted by atomic mass is 32.1. The summed E-state index contributed by atoms with van der Waals surface area (Å²) in [5, 5.41) is 3.28. The van der Waals surface area contributed by atoms with E-state index in [0.29, 0.717) is 15.7 Å². The van der Waals surface area contributed by atoms with E-state index in [1.54, 1.807) is 13.0 Å². The predicted octanol–water partition coefficient (Wildman–Crippen LogP) is 1.73. The first-order valence-electron chi connectivity index (χ1n) is 4.69. The maximum Gasteiger partial charge on any atom is 0.263 e. The number of carbonyl (C=O) groups excluding carboxylic acids is 1. The fraction of sp³-hybridized carbons (Fsp3) is 0.400. The van der Waals surface area contributed by atoms with Crippen molar-refractivity contribution in [3.05, 3.63) is 23.2 Å². The summed E-state index contributed by atoms with van der Waals surface area (Å²) in [4.78, 5) is 16.3. The summed E-state index contributed by atoms with van der Waals surface area (Å²) >= 11 is 1.21. The summed E-state index contributed by atoms with van der Waals surface area (Å²) in [5.41, 5.74) is 6.20. The van der Waals surface area contributed by atoms with Crippen LogP contribution in [0.3, 0.4) is 0 Å². The summed E-state index contributed by atoms with van der Waals surface area (Å²) < 4.78 is 0. The number of amides is 1. The van der Waals surface area contributed by atoms with Crippen LogP contribution in [0.2, 0.25) is 0 Å². The van der Waals surface area contributed by atoms with E-state index in [1.807, 2.05) is 6.92 Å². The van der Waals surface area contributed by atoms with Crippen LogP contribution in [0.25, 0.3) is 0 Å². The van der Waals surface area contributed by atoms with Crippen LogP contribution in [0.5, 0.6) is 0 Å². The highest BCUT2D eigenvalue weighted by Gasteiger charge is 2.15. The number of carbonyl (C=O) groups is 1. The van der Waals surface area contributed by atoms with Crippen LogP contribution in [0, 0.1) is 6.92 Å². The average molecular weight is 225 g/mol. The number of hydrogen-bond acceptors (Lipinski definition) is 4. The number of nitrogens with zero attached hydrogens (tertiary/aromatic N) is 1. The number of aryl methyl sites for hydroxylation is 1. The highest BCUT2D eigenvalue weighted by Crippen LogP contribution is 2.19. The van der Waals surface area contributed by atoms with Gasteiger partial charge < -0.3 is 11.1 Å². The third-order valence-corrected chi connectivity index (χ3v) is 2.90. The molecule has 0 aromatic carbocycles. The zero-order valence-electron chi connectivity index (χ0n) is 8.91. The van der Waals surface area contributed by atoms with Crippen LogP contribution >= 0.6 is 11.3 Å². The van der Waals surface area contributed by atoms with Crippen LogP contribution in [-0.4, -0.2) is 16.9 Å². The average Bonchev–Trinajstić information content (AvgIpc) is 2.45. The molecule has 1 atom stereocenters. The number of hydrogen-bond donors (Lipinski definition) is 2. The summed E-state index contributed by atoms with van der Waals surface area (Å²) in [7, 11) is 0. The van der Waals surface area contributed by atoms with Gasteiger partial charge in [-0.2, -0.15) is 0 Å². The number of anilines is 1. The Hall–Kier alpha value is -1.36. The molecule has 1 unspecified atom stereocenters. The second-order valence-electron chi connectivity index (χ2n) is 3.37. The summed E-state index contributed by atoms with van der Waals surface area (Å²) in [6.07, 6.45) is 2.53. The summed E-state index contributed by atoms with van der Waals surface area (Å²) in [5.74, 6) is -0.115. The third kappa shape index (κ3) is 3.06. The Morgan fingerprint density at radius 1 is 1.80 bits per heavy atom. The number of rotatable bonds is 4. The zero-order chi connectivity index (χ0) is 11.4. The van der Waals surface area contributed by atoms with Crippen molar-refractivity contribution in [1.82, 2.24) is 10.3 Å². The SMILES string of the molecule is C=CCC(C)NC(=O)c1sc(N)nc1C. The van der Waals surface area contributed by atoms with Crippen LogP contribution in [0.1, 0.15) is 28.7 Å². The molecule has 5 heteroatoms. The molecule has 1 amide bonds. The molecule has 0 aliphatic carbocycles. The van der Waals surface area contributed by atoms with E-state index >= 15 is 0 Å². The minimum atomic E-state index is -0.115. The van der Waals surface area contributed by atoms with Crippen molar-refractivity contribution in [2.45, 2.75) is 26.3 Å². The van der Waals surface area contributed by atoms with Crippen molar-refractivity contribution in [3.63, 3.8) is 0 Å². The lowest BCUT2D eigenvalue weighted by Gasteiger charge is -2.10. The van der Waals surface area contributed by atoms with E-state index in [-0.39, 0.29) is 11.9 Å². The number of aromatic nitrogens is 1. The molecule has 4 nitrogen and oxygen atoms in total. The topological polar surface area (TPSA) is 68.0 Å². The number of nitrogen functional groups attached to an aromatic ring is 1. The van der Waals surface area contributed by atoms with E-state index in [9.17, 15) is 4.79 Å².